The third-order valence-corrected chi connectivity index (χ3v) is 4.02. The average molecular weight is 251 g/mol. The van der Waals surface area contributed by atoms with E-state index in [1.165, 1.54) is 4.90 Å². The molecule has 0 aromatic heterocycles. The van der Waals surface area contributed by atoms with Crippen molar-refractivity contribution in [2.45, 2.75) is 25.2 Å². The van der Waals surface area contributed by atoms with Gasteiger partial charge in [-0.05, 0) is 38.0 Å². The van der Waals surface area contributed by atoms with Crippen LogP contribution in [0.15, 0.2) is 23.1 Å². The van der Waals surface area contributed by atoms with E-state index >= 15 is 0 Å². The summed E-state index contributed by atoms with van der Waals surface area (Å²) in [7, 11) is 0. The molecule has 0 radical (unpaired) electrons. The molecule has 0 spiro atoms. The number of nitrogens with one attached hydrogen (secondary N) is 1. The van der Waals surface area contributed by atoms with Gasteiger partial charge in [-0.2, -0.15) is 0 Å². The summed E-state index contributed by atoms with van der Waals surface area (Å²) in [5.41, 5.74) is 1.50. The number of aliphatic carboxylic acids is 1. The number of rotatable bonds is 3. The highest BCUT2D eigenvalue weighted by molar-refractivity contribution is 7.99. The molecule has 92 valence electrons. The first-order valence-corrected chi connectivity index (χ1v) is 6.70. The molecule has 0 fully saturated rings. The van der Waals surface area contributed by atoms with Crippen LogP contribution in [-0.4, -0.2) is 23.4 Å². The number of hydrogen-bond donors (Lipinski definition) is 2. The lowest BCUT2D eigenvalue weighted by molar-refractivity contribution is -0.146. The van der Waals surface area contributed by atoms with E-state index in [0.717, 1.165) is 23.5 Å². The summed E-state index contributed by atoms with van der Waals surface area (Å²) in [4.78, 5) is 12.4. The molecule has 1 aliphatic heterocycles. The highest BCUT2D eigenvalue weighted by Gasteiger charge is 2.27. The van der Waals surface area contributed by atoms with E-state index in [4.69, 9.17) is 5.11 Å². The zero-order chi connectivity index (χ0) is 12.5. The molecule has 2 N–H and O–H groups in total. The summed E-state index contributed by atoms with van der Waals surface area (Å²) >= 11 is 1.84. The first kappa shape index (κ1) is 12.3. The molecule has 1 heterocycles. The molecule has 0 amide bonds. The van der Waals surface area contributed by atoms with Gasteiger partial charge in [0.2, 0.25) is 0 Å². The Morgan fingerprint density at radius 3 is 3.00 bits per heavy atom. The quantitative estimate of drug-likeness (QED) is 0.867. The summed E-state index contributed by atoms with van der Waals surface area (Å²) in [5.74, 6) is 0.338. The average Bonchev–Trinajstić information content (AvgIpc) is 2.28. The third-order valence-electron chi connectivity index (χ3n) is 2.94. The Hall–Kier alpha value is -1.16. The molecule has 0 aliphatic carbocycles. The Balaban J connectivity index is 2.20. The van der Waals surface area contributed by atoms with Gasteiger partial charge in [0.05, 0.1) is 5.41 Å². The summed E-state index contributed by atoms with van der Waals surface area (Å²) < 4.78 is 0. The van der Waals surface area contributed by atoms with Crippen molar-refractivity contribution in [2.75, 3.05) is 17.6 Å². The number of benzene rings is 1. The van der Waals surface area contributed by atoms with Crippen LogP contribution in [0.3, 0.4) is 0 Å². The first-order chi connectivity index (χ1) is 7.99. The van der Waals surface area contributed by atoms with E-state index in [0.29, 0.717) is 6.42 Å². The monoisotopic (exact) mass is 251 g/mol. The van der Waals surface area contributed by atoms with E-state index < -0.39 is 11.4 Å². The summed E-state index contributed by atoms with van der Waals surface area (Å²) in [6, 6.07) is 6.19. The molecule has 1 aromatic carbocycles. The van der Waals surface area contributed by atoms with Crippen molar-refractivity contribution in [1.82, 2.24) is 0 Å². The van der Waals surface area contributed by atoms with E-state index in [2.05, 4.69) is 17.4 Å². The fourth-order valence-electron chi connectivity index (χ4n) is 1.88. The van der Waals surface area contributed by atoms with Crippen molar-refractivity contribution in [2.24, 2.45) is 5.41 Å². The minimum absolute atomic E-state index is 0.557. The van der Waals surface area contributed by atoms with Crippen molar-refractivity contribution >= 4 is 23.4 Å². The Morgan fingerprint density at radius 2 is 2.29 bits per heavy atom. The topological polar surface area (TPSA) is 49.3 Å². The lowest BCUT2D eigenvalue weighted by atomic mass is 9.86. The maximum absolute atomic E-state index is 11.1. The SMILES string of the molecule is CC(C)(Cc1ccc2c(c1)NCCS2)C(=O)O. The standard InChI is InChI=1S/C13H17NO2S/c1-13(2,12(15)16)8-9-3-4-11-10(7-9)14-5-6-17-11/h3-4,7,14H,5-6,8H2,1-2H3,(H,15,16). The minimum atomic E-state index is -0.752. The Kier molecular flexibility index (Phi) is 3.33. The van der Waals surface area contributed by atoms with Gasteiger partial charge < -0.3 is 10.4 Å². The lowest BCUT2D eigenvalue weighted by Gasteiger charge is -2.22. The van der Waals surface area contributed by atoms with Crippen molar-refractivity contribution in [3.05, 3.63) is 23.8 Å². The zero-order valence-electron chi connectivity index (χ0n) is 10.1. The number of thioether (sulfide) groups is 1. The fourth-order valence-corrected chi connectivity index (χ4v) is 2.76. The van der Waals surface area contributed by atoms with Crippen LogP contribution in [0, 0.1) is 5.41 Å². The van der Waals surface area contributed by atoms with E-state index in [1.54, 1.807) is 13.8 Å². The highest BCUT2D eigenvalue weighted by Crippen LogP contribution is 2.33. The van der Waals surface area contributed by atoms with E-state index in [-0.39, 0.29) is 0 Å². The van der Waals surface area contributed by atoms with Gasteiger partial charge in [0, 0.05) is 22.9 Å². The molecule has 2 rings (SSSR count). The molecule has 17 heavy (non-hydrogen) atoms. The highest BCUT2D eigenvalue weighted by atomic mass is 32.2. The van der Waals surface area contributed by atoms with Gasteiger partial charge in [-0.1, -0.05) is 6.07 Å². The molecule has 3 nitrogen and oxygen atoms in total. The molecule has 1 aliphatic rings. The number of fused-ring (bicyclic) bond motifs is 1. The van der Waals surface area contributed by atoms with Crippen LogP contribution in [0.1, 0.15) is 19.4 Å². The molecular weight excluding hydrogens is 234 g/mol. The molecular formula is C13H17NO2S. The molecule has 1 aromatic rings. The molecule has 0 saturated carbocycles. The van der Waals surface area contributed by atoms with Gasteiger partial charge in [-0.25, -0.2) is 0 Å². The number of hydrogen-bond acceptors (Lipinski definition) is 3. The molecule has 4 heteroatoms. The van der Waals surface area contributed by atoms with Crippen molar-refractivity contribution in [3.63, 3.8) is 0 Å². The molecule has 0 bridgehead atoms. The Bertz CT molecular complexity index is 443. The van der Waals surface area contributed by atoms with Gasteiger partial charge in [-0.15, -0.1) is 11.8 Å². The first-order valence-electron chi connectivity index (χ1n) is 5.72. The summed E-state index contributed by atoms with van der Waals surface area (Å²) in [6.07, 6.45) is 0.557. The van der Waals surface area contributed by atoms with Crippen molar-refractivity contribution in [3.8, 4) is 0 Å². The molecule has 0 unspecified atom stereocenters. The van der Waals surface area contributed by atoms with Gasteiger partial charge in [0.25, 0.3) is 0 Å². The van der Waals surface area contributed by atoms with Gasteiger partial charge in [0.15, 0.2) is 0 Å². The third kappa shape index (κ3) is 2.75. The smallest absolute Gasteiger partial charge is 0.309 e. The number of carbonyl (C=O) groups is 1. The van der Waals surface area contributed by atoms with E-state index in [1.807, 2.05) is 17.8 Å². The number of anilines is 1. The van der Waals surface area contributed by atoms with Crippen molar-refractivity contribution in [1.29, 1.82) is 0 Å². The normalized spacial score (nSPS) is 14.9. The molecule has 0 saturated heterocycles. The number of carboxylic acid groups (broad SMARTS) is 1. The van der Waals surface area contributed by atoms with Crippen LogP contribution >= 0.6 is 11.8 Å². The predicted molar refractivity (Wildman–Crippen MR) is 70.8 cm³/mol. The summed E-state index contributed by atoms with van der Waals surface area (Å²) in [5, 5.41) is 12.5. The predicted octanol–water partition coefficient (Wildman–Crippen LogP) is 2.86. The van der Waals surface area contributed by atoms with Crippen LogP contribution in [-0.2, 0) is 11.2 Å². The van der Waals surface area contributed by atoms with Gasteiger partial charge in [0.1, 0.15) is 0 Å². The maximum atomic E-state index is 11.1. The summed E-state index contributed by atoms with van der Waals surface area (Å²) in [6.45, 7) is 4.50. The molecule has 0 atom stereocenters. The largest absolute Gasteiger partial charge is 0.481 e. The fraction of sp³-hybridized carbons (Fsp3) is 0.462. The second-order valence-corrected chi connectivity index (χ2v) is 6.11. The van der Waals surface area contributed by atoms with Crippen LogP contribution < -0.4 is 5.32 Å². The second kappa shape index (κ2) is 4.61. The van der Waals surface area contributed by atoms with Crippen LogP contribution in [0.5, 0.6) is 0 Å². The minimum Gasteiger partial charge on any atom is -0.481 e. The van der Waals surface area contributed by atoms with Crippen LogP contribution in [0.25, 0.3) is 0 Å². The lowest BCUT2D eigenvalue weighted by Crippen LogP contribution is -2.26. The van der Waals surface area contributed by atoms with Crippen LogP contribution in [0.4, 0.5) is 5.69 Å². The van der Waals surface area contributed by atoms with Crippen LogP contribution in [0.2, 0.25) is 0 Å². The second-order valence-electron chi connectivity index (χ2n) is 4.97. The Labute approximate surface area is 106 Å². The maximum Gasteiger partial charge on any atom is 0.309 e. The van der Waals surface area contributed by atoms with Gasteiger partial charge >= 0.3 is 5.97 Å². The number of carboxylic acids is 1. The Morgan fingerprint density at radius 1 is 1.53 bits per heavy atom. The van der Waals surface area contributed by atoms with Gasteiger partial charge in [-0.3, -0.25) is 4.79 Å². The zero-order valence-corrected chi connectivity index (χ0v) is 10.9. The van der Waals surface area contributed by atoms with Crippen molar-refractivity contribution < 1.29 is 9.90 Å². The van der Waals surface area contributed by atoms with E-state index in [9.17, 15) is 4.79 Å².